The largest absolute Gasteiger partial charge is 0.480 e. The molecule has 2 N–H and O–H groups in total. The molecule has 5 nitrogen and oxygen atoms in total. The summed E-state index contributed by atoms with van der Waals surface area (Å²) >= 11 is 0. The van der Waals surface area contributed by atoms with Gasteiger partial charge in [0, 0.05) is 6.07 Å². The van der Waals surface area contributed by atoms with Gasteiger partial charge in [-0.1, -0.05) is 0 Å². The third-order valence-electron chi connectivity index (χ3n) is 2.63. The maximum absolute atomic E-state index is 13.1. The normalized spacial score (nSPS) is 12.6. The van der Waals surface area contributed by atoms with Crippen molar-refractivity contribution in [3.8, 4) is 0 Å². The second-order valence-corrected chi connectivity index (χ2v) is 5.85. The lowest BCUT2D eigenvalue weighted by atomic mass is 10.0. The third-order valence-corrected chi connectivity index (χ3v) is 2.63. The summed E-state index contributed by atoms with van der Waals surface area (Å²) in [5.74, 6) is -2.72. The number of carboxylic acids is 1. The number of nitrogens with one attached hydrogen (secondary N) is 1. The summed E-state index contributed by atoms with van der Waals surface area (Å²) in [6, 6.07) is 1.77. The second-order valence-electron chi connectivity index (χ2n) is 5.85. The van der Waals surface area contributed by atoms with Gasteiger partial charge in [-0.2, -0.15) is 0 Å². The summed E-state index contributed by atoms with van der Waals surface area (Å²) in [6.07, 6.45) is -0.774. The van der Waals surface area contributed by atoms with Crippen molar-refractivity contribution in [1.82, 2.24) is 5.32 Å². The summed E-state index contributed by atoms with van der Waals surface area (Å²) < 4.78 is 31.1. The highest BCUT2D eigenvalue weighted by Gasteiger charge is 2.23. The Labute approximate surface area is 127 Å². The molecule has 1 aromatic rings. The number of alkyl carbamates (subject to hydrolysis) is 1. The number of rotatable bonds is 5. The lowest BCUT2D eigenvalue weighted by Gasteiger charge is -2.22. The Morgan fingerprint density at radius 3 is 2.23 bits per heavy atom. The molecular weight excluding hydrogens is 296 g/mol. The van der Waals surface area contributed by atoms with Gasteiger partial charge in [0.15, 0.2) is 0 Å². The molecule has 0 saturated carbocycles. The van der Waals surface area contributed by atoms with E-state index in [4.69, 9.17) is 9.84 Å². The Morgan fingerprint density at radius 1 is 1.23 bits per heavy atom. The average molecular weight is 315 g/mol. The highest BCUT2D eigenvalue weighted by molar-refractivity contribution is 5.80. The van der Waals surface area contributed by atoms with Crippen LogP contribution in [0.5, 0.6) is 0 Å². The zero-order chi connectivity index (χ0) is 16.9. The number of hydrogen-bond acceptors (Lipinski definition) is 3. The van der Waals surface area contributed by atoms with E-state index in [0.717, 1.165) is 18.2 Å². The summed E-state index contributed by atoms with van der Waals surface area (Å²) in [4.78, 5) is 22.7. The van der Waals surface area contributed by atoms with Crippen molar-refractivity contribution < 1.29 is 28.2 Å². The zero-order valence-corrected chi connectivity index (χ0v) is 12.7. The average Bonchev–Trinajstić information content (AvgIpc) is 2.30. The van der Waals surface area contributed by atoms with E-state index in [9.17, 15) is 18.4 Å². The topological polar surface area (TPSA) is 75.6 Å². The second kappa shape index (κ2) is 7.20. The Hall–Kier alpha value is -2.18. The number of aryl methyl sites for hydroxylation is 1. The molecule has 0 aliphatic carbocycles. The number of amides is 1. The number of ether oxygens (including phenoxy) is 1. The van der Waals surface area contributed by atoms with E-state index < -0.39 is 35.3 Å². The SMILES string of the molecule is CC(C)(C)OC(=O)NC(CCc1cc(F)cc(F)c1)C(=O)O. The third kappa shape index (κ3) is 6.51. The van der Waals surface area contributed by atoms with Crippen LogP contribution < -0.4 is 5.32 Å². The summed E-state index contributed by atoms with van der Waals surface area (Å²) in [6.45, 7) is 4.95. The summed E-state index contributed by atoms with van der Waals surface area (Å²) in [5.41, 5.74) is -0.437. The van der Waals surface area contributed by atoms with E-state index in [0.29, 0.717) is 5.56 Å². The Bertz CT molecular complexity index is 535. The molecule has 122 valence electrons. The van der Waals surface area contributed by atoms with Crippen LogP contribution in [-0.2, 0) is 16.0 Å². The van der Waals surface area contributed by atoms with Gasteiger partial charge in [-0.3, -0.25) is 0 Å². The molecule has 0 aromatic heterocycles. The number of halogens is 2. The minimum absolute atomic E-state index is 0.0164. The molecule has 1 amide bonds. The quantitative estimate of drug-likeness (QED) is 0.876. The van der Waals surface area contributed by atoms with E-state index in [-0.39, 0.29) is 12.8 Å². The van der Waals surface area contributed by atoms with Gasteiger partial charge < -0.3 is 15.2 Å². The van der Waals surface area contributed by atoms with Crippen LogP contribution in [0.15, 0.2) is 18.2 Å². The van der Waals surface area contributed by atoms with Crippen molar-refractivity contribution in [1.29, 1.82) is 0 Å². The van der Waals surface area contributed by atoms with Crippen molar-refractivity contribution in [2.75, 3.05) is 0 Å². The van der Waals surface area contributed by atoms with Gasteiger partial charge in [0.05, 0.1) is 0 Å². The first-order valence-corrected chi connectivity index (χ1v) is 6.74. The first kappa shape index (κ1) is 17.9. The number of hydrogen-bond donors (Lipinski definition) is 2. The smallest absolute Gasteiger partial charge is 0.408 e. The maximum Gasteiger partial charge on any atom is 0.408 e. The molecule has 0 heterocycles. The van der Waals surface area contributed by atoms with Crippen LogP contribution in [0.4, 0.5) is 13.6 Å². The molecular formula is C15H19F2NO4. The van der Waals surface area contributed by atoms with E-state index >= 15 is 0 Å². The van der Waals surface area contributed by atoms with E-state index in [1.807, 2.05) is 0 Å². The lowest BCUT2D eigenvalue weighted by molar-refractivity contribution is -0.139. The zero-order valence-electron chi connectivity index (χ0n) is 12.7. The minimum Gasteiger partial charge on any atom is -0.480 e. The fraction of sp³-hybridized carbons (Fsp3) is 0.467. The van der Waals surface area contributed by atoms with Gasteiger partial charge in [0.1, 0.15) is 23.3 Å². The number of aliphatic carboxylic acids is 1. The van der Waals surface area contributed by atoms with Crippen molar-refractivity contribution in [2.45, 2.75) is 45.3 Å². The minimum atomic E-state index is -1.25. The molecule has 1 atom stereocenters. The van der Waals surface area contributed by atoms with Crippen LogP contribution in [0.1, 0.15) is 32.8 Å². The molecule has 0 bridgehead atoms. The first-order valence-electron chi connectivity index (χ1n) is 6.74. The van der Waals surface area contributed by atoms with Crippen molar-refractivity contribution in [3.05, 3.63) is 35.4 Å². The van der Waals surface area contributed by atoms with Crippen LogP contribution in [0.3, 0.4) is 0 Å². The van der Waals surface area contributed by atoms with Gasteiger partial charge in [-0.15, -0.1) is 0 Å². The molecule has 1 unspecified atom stereocenters. The van der Waals surface area contributed by atoms with Gasteiger partial charge >= 0.3 is 12.1 Å². The molecule has 1 rings (SSSR count). The molecule has 0 saturated heterocycles. The molecule has 1 aromatic carbocycles. The molecule has 0 aliphatic heterocycles. The lowest BCUT2D eigenvalue weighted by Crippen LogP contribution is -2.43. The van der Waals surface area contributed by atoms with Gasteiger partial charge in [0.25, 0.3) is 0 Å². The Kier molecular flexibility index (Phi) is 5.84. The fourth-order valence-corrected chi connectivity index (χ4v) is 1.77. The first-order chi connectivity index (χ1) is 10.1. The maximum atomic E-state index is 13.1. The molecule has 0 spiro atoms. The van der Waals surface area contributed by atoms with Gasteiger partial charge in [-0.25, -0.2) is 18.4 Å². The monoisotopic (exact) mass is 315 g/mol. The standard InChI is InChI=1S/C15H19F2NO4/c1-15(2,3)22-14(21)18-12(13(19)20)5-4-9-6-10(16)8-11(17)7-9/h6-8,12H,4-5H2,1-3H3,(H,18,21)(H,19,20). The van der Waals surface area contributed by atoms with Crippen molar-refractivity contribution >= 4 is 12.1 Å². The predicted molar refractivity (Wildman–Crippen MR) is 75.5 cm³/mol. The van der Waals surface area contributed by atoms with Crippen LogP contribution in [0.25, 0.3) is 0 Å². The molecule has 22 heavy (non-hydrogen) atoms. The highest BCUT2D eigenvalue weighted by atomic mass is 19.1. The number of carboxylic acid groups (broad SMARTS) is 1. The van der Waals surface area contributed by atoms with E-state index in [1.165, 1.54) is 0 Å². The molecule has 0 fully saturated rings. The van der Waals surface area contributed by atoms with Crippen LogP contribution in [0.2, 0.25) is 0 Å². The summed E-state index contributed by atoms with van der Waals surface area (Å²) in [7, 11) is 0. The number of benzene rings is 1. The fourth-order valence-electron chi connectivity index (χ4n) is 1.77. The van der Waals surface area contributed by atoms with Gasteiger partial charge in [0.2, 0.25) is 0 Å². The molecule has 7 heteroatoms. The van der Waals surface area contributed by atoms with E-state index in [2.05, 4.69) is 5.32 Å². The number of carbonyl (C=O) groups is 2. The van der Waals surface area contributed by atoms with Gasteiger partial charge in [-0.05, 0) is 51.3 Å². The highest BCUT2D eigenvalue weighted by Crippen LogP contribution is 2.12. The van der Waals surface area contributed by atoms with Crippen LogP contribution >= 0.6 is 0 Å². The molecule has 0 aliphatic rings. The van der Waals surface area contributed by atoms with Crippen molar-refractivity contribution in [2.24, 2.45) is 0 Å². The summed E-state index contributed by atoms with van der Waals surface area (Å²) in [5, 5.41) is 11.3. The Morgan fingerprint density at radius 2 is 1.77 bits per heavy atom. The van der Waals surface area contributed by atoms with Crippen molar-refractivity contribution in [3.63, 3.8) is 0 Å². The van der Waals surface area contributed by atoms with E-state index in [1.54, 1.807) is 20.8 Å². The van der Waals surface area contributed by atoms with Crippen LogP contribution in [-0.4, -0.2) is 28.8 Å². The van der Waals surface area contributed by atoms with Crippen LogP contribution in [0, 0.1) is 11.6 Å². The Balaban J connectivity index is 2.65. The number of carbonyl (C=O) groups excluding carboxylic acids is 1. The predicted octanol–water partition coefficient (Wildman–Crippen LogP) is 2.88. The molecule has 0 radical (unpaired) electrons.